The second-order valence-electron chi connectivity index (χ2n) is 7.20. The van der Waals surface area contributed by atoms with Crippen molar-refractivity contribution in [1.82, 2.24) is 15.1 Å². The van der Waals surface area contributed by atoms with Crippen molar-refractivity contribution in [2.75, 3.05) is 53.4 Å². The zero-order chi connectivity index (χ0) is 17.8. The van der Waals surface area contributed by atoms with Gasteiger partial charge in [0.1, 0.15) is 12.4 Å². The van der Waals surface area contributed by atoms with Gasteiger partial charge in [0.25, 0.3) is 0 Å². The second kappa shape index (κ2) is 8.74. The van der Waals surface area contributed by atoms with Gasteiger partial charge in [0, 0.05) is 36.3 Å². The number of halogens is 2. The average Bonchev–Trinajstić information content (AvgIpc) is 2.58. The summed E-state index contributed by atoms with van der Waals surface area (Å²) in [6.45, 7) is 6.09. The third-order valence-electron chi connectivity index (χ3n) is 4.87. The molecule has 6 heteroatoms. The number of nitrogens with zero attached hydrogens (tertiary/aromatic N) is 2. The number of fused-ring (bicyclic) bond motifs is 1. The summed E-state index contributed by atoms with van der Waals surface area (Å²) >= 11 is 12.3. The van der Waals surface area contributed by atoms with Crippen LogP contribution >= 0.6 is 23.2 Å². The van der Waals surface area contributed by atoms with Gasteiger partial charge in [-0.05, 0) is 63.8 Å². The summed E-state index contributed by atoms with van der Waals surface area (Å²) in [5, 5.41) is 4.91. The normalized spacial score (nSPS) is 18.8. The lowest BCUT2D eigenvalue weighted by Crippen LogP contribution is -2.45. The van der Waals surface area contributed by atoms with Gasteiger partial charge in [0.2, 0.25) is 0 Å². The van der Waals surface area contributed by atoms with Gasteiger partial charge in [-0.2, -0.15) is 0 Å². The molecule has 0 amide bonds. The lowest BCUT2D eigenvalue weighted by Gasteiger charge is -2.33. The molecule has 3 rings (SSSR count). The van der Waals surface area contributed by atoms with E-state index in [0.717, 1.165) is 30.9 Å². The number of rotatable bonds is 6. The number of hydrogen-bond acceptors (Lipinski definition) is 4. The lowest BCUT2D eigenvalue weighted by molar-refractivity contribution is 0.183. The van der Waals surface area contributed by atoms with Gasteiger partial charge in [-0.25, -0.2) is 0 Å². The first-order valence-corrected chi connectivity index (χ1v) is 9.68. The largest absolute Gasteiger partial charge is 0.487 e. The average molecular weight is 384 g/mol. The van der Waals surface area contributed by atoms with Crippen LogP contribution in [-0.4, -0.2) is 69.3 Å². The first kappa shape index (κ1) is 19.0. The summed E-state index contributed by atoms with van der Waals surface area (Å²) in [5.74, 6) is 0.740. The van der Waals surface area contributed by atoms with Gasteiger partial charge in [-0.15, -0.1) is 0 Å². The minimum Gasteiger partial charge on any atom is -0.487 e. The third kappa shape index (κ3) is 5.35. The number of likely N-dealkylation sites (N-methyl/N-ethyl adjacent to an activating group) is 1. The number of benzene rings is 1. The summed E-state index contributed by atoms with van der Waals surface area (Å²) in [6.07, 6.45) is 4.56. The summed E-state index contributed by atoms with van der Waals surface area (Å²) < 4.78 is 5.82. The molecular formula is C19H27Cl2N3O. The number of likely N-dealkylation sites (tertiary alicyclic amines) is 1. The van der Waals surface area contributed by atoms with Gasteiger partial charge < -0.3 is 19.9 Å². The summed E-state index contributed by atoms with van der Waals surface area (Å²) in [7, 11) is 4.26. The Morgan fingerprint density at radius 3 is 2.72 bits per heavy atom. The van der Waals surface area contributed by atoms with Crippen molar-refractivity contribution in [2.24, 2.45) is 0 Å². The van der Waals surface area contributed by atoms with Crippen molar-refractivity contribution in [3.8, 4) is 5.75 Å². The van der Waals surface area contributed by atoms with E-state index in [1.165, 1.54) is 31.5 Å². The van der Waals surface area contributed by atoms with E-state index in [1.54, 1.807) is 6.07 Å². The van der Waals surface area contributed by atoms with E-state index < -0.39 is 0 Å². The van der Waals surface area contributed by atoms with Gasteiger partial charge in [-0.1, -0.05) is 23.2 Å². The molecule has 0 spiro atoms. The molecule has 0 saturated carbocycles. The molecule has 4 nitrogen and oxygen atoms in total. The van der Waals surface area contributed by atoms with Gasteiger partial charge in [0.15, 0.2) is 0 Å². The number of piperidine rings is 1. The predicted molar refractivity (Wildman–Crippen MR) is 106 cm³/mol. The van der Waals surface area contributed by atoms with Gasteiger partial charge in [-0.3, -0.25) is 0 Å². The molecule has 0 bridgehead atoms. The van der Waals surface area contributed by atoms with Crippen molar-refractivity contribution in [2.45, 2.75) is 18.9 Å². The van der Waals surface area contributed by atoms with Crippen LogP contribution in [0.15, 0.2) is 17.7 Å². The molecule has 0 aliphatic carbocycles. The molecule has 138 valence electrons. The van der Waals surface area contributed by atoms with Crippen LogP contribution in [0.25, 0.3) is 6.08 Å². The topological polar surface area (TPSA) is 27.7 Å². The molecule has 1 aromatic carbocycles. The Labute approximate surface area is 160 Å². The monoisotopic (exact) mass is 383 g/mol. The number of hydrogen-bond donors (Lipinski definition) is 1. The quantitative estimate of drug-likeness (QED) is 0.814. The van der Waals surface area contributed by atoms with E-state index in [2.05, 4.69) is 35.3 Å². The van der Waals surface area contributed by atoms with E-state index in [4.69, 9.17) is 27.9 Å². The summed E-state index contributed by atoms with van der Waals surface area (Å²) in [6, 6.07) is 4.22. The minimum absolute atomic E-state index is 0.579. The summed E-state index contributed by atoms with van der Waals surface area (Å²) in [5.41, 5.74) is 2.21. The maximum Gasteiger partial charge on any atom is 0.145 e. The molecule has 0 atom stereocenters. The first-order chi connectivity index (χ1) is 12.0. The molecule has 25 heavy (non-hydrogen) atoms. The Kier molecular flexibility index (Phi) is 6.64. The third-order valence-corrected chi connectivity index (χ3v) is 5.37. The van der Waals surface area contributed by atoms with Crippen molar-refractivity contribution in [3.05, 3.63) is 33.3 Å². The zero-order valence-electron chi connectivity index (χ0n) is 15.0. The van der Waals surface area contributed by atoms with Crippen molar-refractivity contribution >= 4 is 29.3 Å². The Bertz CT molecular complexity index is 625. The van der Waals surface area contributed by atoms with Crippen LogP contribution in [0.1, 0.15) is 18.4 Å². The Balaban J connectivity index is 1.47. The van der Waals surface area contributed by atoms with Crippen LogP contribution < -0.4 is 10.1 Å². The molecule has 0 radical (unpaired) electrons. The number of ether oxygens (including phenoxy) is 1. The minimum atomic E-state index is 0.579. The van der Waals surface area contributed by atoms with Crippen LogP contribution in [0, 0.1) is 0 Å². The highest BCUT2D eigenvalue weighted by Gasteiger charge is 2.20. The molecule has 1 aromatic rings. The standard InChI is InChI=1S/C19H27Cl2N3O/c1-23(2)7-8-24-5-3-17(4-6-24)22-12-14-9-15-10-16(20)11-18(21)19(15)25-13-14/h9-11,17,22H,3-8,12-13H2,1-2H3. The Morgan fingerprint density at radius 1 is 1.24 bits per heavy atom. The molecule has 1 saturated heterocycles. The van der Waals surface area contributed by atoms with E-state index in [-0.39, 0.29) is 0 Å². The first-order valence-electron chi connectivity index (χ1n) is 8.93. The number of nitrogens with one attached hydrogen (secondary N) is 1. The molecular weight excluding hydrogens is 357 g/mol. The van der Waals surface area contributed by atoms with Crippen LogP contribution in [-0.2, 0) is 0 Å². The van der Waals surface area contributed by atoms with E-state index >= 15 is 0 Å². The Morgan fingerprint density at radius 2 is 2.00 bits per heavy atom. The SMILES string of the molecule is CN(C)CCN1CCC(NCC2=Cc3cc(Cl)cc(Cl)c3OC2)CC1. The fourth-order valence-corrected chi connectivity index (χ4v) is 3.91. The Hall–Kier alpha value is -0.780. The van der Waals surface area contributed by atoms with Crippen molar-refractivity contribution in [3.63, 3.8) is 0 Å². The maximum atomic E-state index is 6.19. The van der Waals surface area contributed by atoms with Crippen LogP contribution in [0.3, 0.4) is 0 Å². The second-order valence-corrected chi connectivity index (χ2v) is 8.04. The van der Waals surface area contributed by atoms with E-state index in [0.29, 0.717) is 22.7 Å². The van der Waals surface area contributed by atoms with Gasteiger partial charge in [0.05, 0.1) is 5.02 Å². The molecule has 1 fully saturated rings. The molecule has 2 aliphatic rings. The van der Waals surface area contributed by atoms with Crippen molar-refractivity contribution in [1.29, 1.82) is 0 Å². The lowest BCUT2D eigenvalue weighted by atomic mass is 10.0. The van der Waals surface area contributed by atoms with E-state index in [9.17, 15) is 0 Å². The molecule has 2 aliphatic heterocycles. The zero-order valence-corrected chi connectivity index (χ0v) is 16.5. The summed E-state index contributed by atoms with van der Waals surface area (Å²) in [4.78, 5) is 4.80. The fraction of sp³-hybridized carbons (Fsp3) is 0.579. The maximum absolute atomic E-state index is 6.19. The van der Waals surface area contributed by atoms with Crippen LogP contribution in [0.2, 0.25) is 10.0 Å². The predicted octanol–water partition coefficient (Wildman–Crippen LogP) is 3.38. The molecule has 1 N–H and O–H groups in total. The van der Waals surface area contributed by atoms with Crippen LogP contribution in [0.4, 0.5) is 0 Å². The van der Waals surface area contributed by atoms with E-state index in [1.807, 2.05) is 6.07 Å². The molecule has 2 heterocycles. The smallest absolute Gasteiger partial charge is 0.145 e. The molecule has 0 aromatic heterocycles. The molecule has 0 unspecified atom stereocenters. The highest BCUT2D eigenvalue weighted by atomic mass is 35.5. The van der Waals surface area contributed by atoms with Crippen LogP contribution in [0.5, 0.6) is 5.75 Å². The van der Waals surface area contributed by atoms with Crippen molar-refractivity contribution < 1.29 is 4.74 Å². The highest BCUT2D eigenvalue weighted by Crippen LogP contribution is 2.36. The van der Waals surface area contributed by atoms with Gasteiger partial charge >= 0.3 is 0 Å². The highest BCUT2D eigenvalue weighted by molar-refractivity contribution is 6.36. The fourth-order valence-electron chi connectivity index (χ4n) is 3.35.